The van der Waals surface area contributed by atoms with E-state index in [0.29, 0.717) is 0 Å². The molecule has 0 aromatic rings. The summed E-state index contributed by atoms with van der Waals surface area (Å²) >= 11 is 0. The summed E-state index contributed by atoms with van der Waals surface area (Å²) in [5.41, 5.74) is 0. The third-order valence-electron chi connectivity index (χ3n) is 1.99. The summed E-state index contributed by atoms with van der Waals surface area (Å²) in [5.74, 6) is 0. The smallest absolute Gasteiger partial charge is 0.325 e. The molecule has 1 aliphatic heterocycles. The van der Waals surface area contributed by atoms with E-state index >= 15 is 0 Å². The lowest BCUT2D eigenvalue weighted by atomic mass is 10.7. The van der Waals surface area contributed by atoms with E-state index in [1.807, 2.05) is 0 Å². The molecule has 0 aromatic carbocycles. The molecule has 0 aliphatic carbocycles. The summed E-state index contributed by atoms with van der Waals surface area (Å²) in [5, 5.41) is 0. The number of amides is 4. The fraction of sp³-hybridized carbons (Fsp3) is 0.556. The van der Waals surface area contributed by atoms with E-state index in [-0.39, 0.29) is 31.1 Å². The van der Waals surface area contributed by atoms with Gasteiger partial charge in [0.05, 0.1) is 0 Å². The molecule has 0 fully saturated rings. The fourth-order valence-corrected chi connectivity index (χ4v) is 1.18. The first-order valence-electron chi connectivity index (χ1n) is 4.57. The molecule has 6 nitrogen and oxygen atoms in total. The Morgan fingerprint density at radius 2 is 1.25 bits per heavy atom. The van der Waals surface area contributed by atoms with Crippen molar-refractivity contribution in [2.24, 2.45) is 0 Å². The molecule has 0 saturated heterocycles. The van der Waals surface area contributed by atoms with Crippen molar-refractivity contribution in [3.05, 3.63) is 12.4 Å². The highest BCUT2D eigenvalue weighted by atomic mass is 35.5. The quantitative estimate of drug-likeness (QED) is 0.637. The lowest BCUT2D eigenvalue weighted by Crippen LogP contribution is -2.41. The summed E-state index contributed by atoms with van der Waals surface area (Å²) < 4.78 is 0. The normalized spacial score (nSPS) is 13.5. The third kappa shape index (κ3) is 3.03. The van der Waals surface area contributed by atoms with Gasteiger partial charge in [-0.15, -0.1) is 12.4 Å². The van der Waals surface area contributed by atoms with Crippen molar-refractivity contribution in [2.45, 2.75) is 0 Å². The SMILES string of the molecule is CN(C)C(=O)N1C=CN(C(=O)N(C)C)C1.Cl. The number of halogens is 1. The fourth-order valence-electron chi connectivity index (χ4n) is 1.18. The van der Waals surface area contributed by atoms with Gasteiger partial charge in [-0.25, -0.2) is 9.59 Å². The Balaban J connectivity index is 0.00000225. The minimum Gasteiger partial charge on any atom is -0.330 e. The molecular formula is C9H17ClN4O2. The summed E-state index contributed by atoms with van der Waals surface area (Å²) in [6.07, 6.45) is 3.20. The molecule has 16 heavy (non-hydrogen) atoms. The zero-order valence-electron chi connectivity index (χ0n) is 9.88. The van der Waals surface area contributed by atoms with Crippen molar-refractivity contribution < 1.29 is 9.59 Å². The van der Waals surface area contributed by atoms with Crippen LogP contribution in [0.3, 0.4) is 0 Å². The van der Waals surface area contributed by atoms with Crippen LogP contribution < -0.4 is 0 Å². The molecular weight excluding hydrogens is 232 g/mol. The maximum absolute atomic E-state index is 11.5. The molecule has 1 rings (SSSR count). The Kier molecular flexibility index (Phi) is 5.10. The summed E-state index contributed by atoms with van der Waals surface area (Å²) in [4.78, 5) is 28.9. The molecule has 0 saturated carbocycles. The lowest BCUT2D eigenvalue weighted by molar-refractivity contribution is 0.165. The zero-order chi connectivity index (χ0) is 11.6. The predicted molar refractivity (Wildman–Crippen MR) is 63.1 cm³/mol. The maximum Gasteiger partial charge on any atom is 0.325 e. The number of hydrogen-bond acceptors (Lipinski definition) is 2. The highest BCUT2D eigenvalue weighted by Crippen LogP contribution is 2.09. The van der Waals surface area contributed by atoms with Crippen molar-refractivity contribution in [1.29, 1.82) is 0 Å². The first-order valence-corrected chi connectivity index (χ1v) is 4.57. The maximum atomic E-state index is 11.5. The minimum atomic E-state index is -0.139. The van der Waals surface area contributed by atoms with Crippen LogP contribution in [0.15, 0.2) is 12.4 Å². The Morgan fingerprint density at radius 1 is 0.938 bits per heavy atom. The van der Waals surface area contributed by atoms with Crippen molar-refractivity contribution in [1.82, 2.24) is 19.6 Å². The number of nitrogens with zero attached hydrogens (tertiary/aromatic N) is 4. The van der Waals surface area contributed by atoms with Crippen LogP contribution in [0.1, 0.15) is 0 Å². The molecule has 0 atom stereocenters. The summed E-state index contributed by atoms with van der Waals surface area (Å²) in [6, 6.07) is -0.277. The van der Waals surface area contributed by atoms with Gasteiger partial charge in [0.15, 0.2) is 0 Å². The van der Waals surface area contributed by atoms with Gasteiger partial charge in [-0.2, -0.15) is 0 Å². The predicted octanol–water partition coefficient (Wildman–Crippen LogP) is 0.818. The molecule has 0 N–H and O–H groups in total. The molecule has 0 bridgehead atoms. The van der Waals surface area contributed by atoms with Crippen LogP contribution in [0.25, 0.3) is 0 Å². The Labute approximate surface area is 101 Å². The topological polar surface area (TPSA) is 47.1 Å². The van der Waals surface area contributed by atoms with E-state index in [2.05, 4.69) is 0 Å². The molecule has 7 heteroatoms. The monoisotopic (exact) mass is 248 g/mol. The van der Waals surface area contributed by atoms with Crippen molar-refractivity contribution in [2.75, 3.05) is 34.9 Å². The first-order chi connectivity index (χ1) is 6.93. The van der Waals surface area contributed by atoms with Gasteiger partial charge in [0.1, 0.15) is 6.67 Å². The second kappa shape index (κ2) is 5.60. The molecule has 0 radical (unpaired) electrons. The van der Waals surface area contributed by atoms with E-state index in [1.165, 1.54) is 19.6 Å². The molecule has 0 aromatic heterocycles. The van der Waals surface area contributed by atoms with Crippen LogP contribution in [0.2, 0.25) is 0 Å². The zero-order valence-corrected chi connectivity index (χ0v) is 10.7. The second-order valence-electron chi connectivity index (χ2n) is 3.73. The van der Waals surface area contributed by atoms with Crippen LogP contribution in [0.4, 0.5) is 9.59 Å². The van der Waals surface area contributed by atoms with Crippen LogP contribution in [0, 0.1) is 0 Å². The standard InChI is InChI=1S/C9H16N4O2.ClH/c1-10(2)8(14)12-5-6-13(7-12)9(15)11(3)4;/h5-6H,7H2,1-4H3;1H. The van der Waals surface area contributed by atoms with Crippen LogP contribution in [0.5, 0.6) is 0 Å². The van der Waals surface area contributed by atoms with Crippen molar-refractivity contribution >= 4 is 24.5 Å². The third-order valence-corrected chi connectivity index (χ3v) is 1.99. The minimum absolute atomic E-state index is 0. The van der Waals surface area contributed by atoms with Crippen LogP contribution in [-0.4, -0.2) is 66.5 Å². The van der Waals surface area contributed by atoms with E-state index in [0.717, 1.165) is 0 Å². The second-order valence-corrected chi connectivity index (χ2v) is 3.73. The summed E-state index contributed by atoms with van der Waals surface area (Å²) in [6.45, 7) is 0.272. The van der Waals surface area contributed by atoms with Gasteiger partial charge in [0.25, 0.3) is 0 Å². The van der Waals surface area contributed by atoms with Gasteiger partial charge in [0, 0.05) is 40.6 Å². The van der Waals surface area contributed by atoms with Crippen LogP contribution in [-0.2, 0) is 0 Å². The van der Waals surface area contributed by atoms with Crippen molar-refractivity contribution in [3.8, 4) is 0 Å². The average molecular weight is 249 g/mol. The lowest BCUT2D eigenvalue weighted by Gasteiger charge is -2.23. The van der Waals surface area contributed by atoms with Gasteiger partial charge < -0.3 is 9.80 Å². The number of rotatable bonds is 0. The Bertz CT molecular complexity index is 276. The van der Waals surface area contributed by atoms with Gasteiger partial charge in [-0.3, -0.25) is 9.80 Å². The highest BCUT2D eigenvalue weighted by molar-refractivity contribution is 5.85. The average Bonchev–Trinajstić information content (AvgIpc) is 2.63. The molecule has 1 aliphatic rings. The number of urea groups is 2. The largest absolute Gasteiger partial charge is 0.330 e. The van der Waals surface area contributed by atoms with E-state index in [9.17, 15) is 9.59 Å². The molecule has 4 amide bonds. The van der Waals surface area contributed by atoms with Gasteiger partial charge in [0.2, 0.25) is 0 Å². The molecule has 0 unspecified atom stereocenters. The number of hydrogen-bond donors (Lipinski definition) is 0. The summed E-state index contributed by atoms with van der Waals surface area (Å²) in [7, 11) is 6.69. The van der Waals surface area contributed by atoms with Gasteiger partial charge in [-0.1, -0.05) is 0 Å². The van der Waals surface area contributed by atoms with Crippen LogP contribution >= 0.6 is 12.4 Å². The van der Waals surface area contributed by atoms with Crippen molar-refractivity contribution in [3.63, 3.8) is 0 Å². The number of carbonyl (C=O) groups excluding carboxylic acids is 2. The van der Waals surface area contributed by atoms with E-state index in [1.54, 1.807) is 40.6 Å². The Morgan fingerprint density at radius 3 is 1.50 bits per heavy atom. The molecule has 92 valence electrons. The van der Waals surface area contributed by atoms with Gasteiger partial charge in [-0.05, 0) is 0 Å². The van der Waals surface area contributed by atoms with E-state index < -0.39 is 0 Å². The molecule has 0 spiro atoms. The Hall–Kier alpha value is -1.43. The number of carbonyl (C=O) groups is 2. The first kappa shape index (κ1) is 14.6. The van der Waals surface area contributed by atoms with E-state index in [4.69, 9.17) is 0 Å². The van der Waals surface area contributed by atoms with Gasteiger partial charge >= 0.3 is 12.1 Å². The molecule has 1 heterocycles. The highest BCUT2D eigenvalue weighted by Gasteiger charge is 2.24.